The first-order valence-electron chi connectivity index (χ1n) is 9.60. The number of amides is 2. The van der Waals surface area contributed by atoms with E-state index in [1.807, 2.05) is 31.2 Å². The Bertz CT molecular complexity index is 1110. The van der Waals surface area contributed by atoms with Crippen molar-refractivity contribution >= 4 is 23.2 Å². The Labute approximate surface area is 177 Å². The number of hydrogen-bond donors (Lipinski definition) is 1. The highest BCUT2D eigenvalue weighted by molar-refractivity contribution is 7.14. The second-order valence-corrected chi connectivity index (χ2v) is 8.46. The molecule has 0 atom stereocenters. The molecule has 2 amide bonds. The van der Waals surface area contributed by atoms with E-state index in [4.69, 9.17) is 0 Å². The molecule has 1 aromatic heterocycles. The van der Waals surface area contributed by atoms with Gasteiger partial charge in [0.1, 0.15) is 11.6 Å². The normalized spacial score (nSPS) is 13.1. The Morgan fingerprint density at radius 3 is 2.63 bits per heavy atom. The lowest BCUT2D eigenvalue weighted by Crippen LogP contribution is -2.35. The van der Waals surface area contributed by atoms with Crippen molar-refractivity contribution in [2.45, 2.75) is 26.4 Å². The zero-order chi connectivity index (χ0) is 21.3. The molecule has 30 heavy (non-hydrogen) atoms. The van der Waals surface area contributed by atoms with Crippen LogP contribution in [0.3, 0.4) is 0 Å². The van der Waals surface area contributed by atoms with Gasteiger partial charge in [0, 0.05) is 35.6 Å². The first-order valence-corrected chi connectivity index (χ1v) is 10.4. The maximum atomic E-state index is 13.7. The van der Waals surface area contributed by atoms with E-state index in [0.29, 0.717) is 30.0 Å². The van der Waals surface area contributed by atoms with Crippen LogP contribution in [0.4, 0.5) is 8.78 Å². The first-order chi connectivity index (χ1) is 14.4. The van der Waals surface area contributed by atoms with E-state index in [1.165, 1.54) is 11.3 Å². The molecule has 0 unspecified atom stereocenters. The summed E-state index contributed by atoms with van der Waals surface area (Å²) >= 11 is 1.38. The van der Waals surface area contributed by atoms with E-state index < -0.39 is 11.6 Å². The minimum Gasteiger partial charge on any atom is -0.347 e. The van der Waals surface area contributed by atoms with Crippen LogP contribution in [-0.4, -0.2) is 23.3 Å². The Kier molecular flexibility index (Phi) is 5.63. The molecule has 4 rings (SSSR count). The highest BCUT2D eigenvalue weighted by Gasteiger charge is 2.25. The van der Waals surface area contributed by atoms with E-state index in [1.54, 1.807) is 11.0 Å². The molecule has 0 spiro atoms. The van der Waals surface area contributed by atoms with Crippen molar-refractivity contribution in [1.29, 1.82) is 0 Å². The Morgan fingerprint density at radius 1 is 1.10 bits per heavy atom. The van der Waals surface area contributed by atoms with Gasteiger partial charge in [-0.15, -0.1) is 11.3 Å². The number of aryl methyl sites for hydroxylation is 1. The van der Waals surface area contributed by atoms with Gasteiger partial charge in [0.15, 0.2) is 0 Å². The van der Waals surface area contributed by atoms with Gasteiger partial charge in [0.05, 0.1) is 4.88 Å². The molecule has 3 aromatic rings. The summed E-state index contributed by atoms with van der Waals surface area (Å²) in [4.78, 5) is 28.6. The molecule has 0 fully saturated rings. The summed E-state index contributed by atoms with van der Waals surface area (Å²) in [7, 11) is 0. The predicted molar refractivity (Wildman–Crippen MR) is 111 cm³/mol. The Hall–Kier alpha value is -3.06. The lowest BCUT2D eigenvalue weighted by Gasteiger charge is -2.27. The zero-order valence-corrected chi connectivity index (χ0v) is 17.2. The van der Waals surface area contributed by atoms with Crippen LogP contribution in [0.1, 0.15) is 41.6 Å². The summed E-state index contributed by atoms with van der Waals surface area (Å²) in [5.41, 5.74) is 2.79. The number of benzene rings is 2. The van der Waals surface area contributed by atoms with Crippen molar-refractivity contribution in [3.05, 3.63) is 92.2 Å². The van der Waals surface area contributed by atoms with E-state index in [2.05, 4.69) is 5.32 Å². The molecule has 1 aliphatic heterocycles. The molecule has 1 aliphatic rings. The van der Waals surface area contributed by atoms with Gasteiger partial charge in [-0.3, -0.25) is 9.59 Å². The molecule has 0 aliphatic carbocycles. The summed E-state index contributed by atoms with van der Waals surface area (Å²) in [6, 6.07) is 12.4. The van der Waals surface area contributed by atoms with Gasteiger partial charge in [-0.1, -0.05) is 17.7 Å². The summed E-state index contributed by atoms with van der Waals surface area (Å²) in [5.74, 6) is -1.48. The van der Waals surface area contributed by atoms with Crippen LogP contribution in [0.5, 0.6) is 0 Å². The molecular weight excluding hydrogens is 406 g/mol. The minimum atomic E-state index is -0.563. The zero-order valence-electron chi connectivity index (χ0n) is 16.4. The van der Waals surface area contributed by atoms with Gasteiger partial charge >= 0.3 is 0 Å². The Morgan fingerprint density at radius 2 is 1.87 bits per heavy atom. The van der Waals surface area contributed by atoms with Gasteiger partial charge < -0.3 is 10.2 Å². The number of carbonyl (C=O) groups excluding carboxylic acids is 2. The van der Waals surface area contributed by atoms with Gasteiger partial charge in [-0.2, -0.15) is 0 Å². The fourth-order valence-corrected chi connectivity index (χ4v) is 4.52. The summed E-state index contributed by atoms with van der Waals surface area (Å²) in [5, 5.41) is 2.64. The molecule has 0 saturated carbocycles. The van der Waals surface area contributed by atoms with Crippen LogP contribution in [0.15, 0.2) is 48.5 Å². The molecule has 0 bridgehead atoms. The molecule has 7 heteroatoms. The quantitative estimate of drug-likeness (QED) is 0.670. The lowest BCUT2D eigenvalue weighted by atomic mass is 10.1. The summed E-state index contributed by atoms with van der Waals surface area (Å²) in [6.45, 7) is 2.92. The van der Waals surface area contributed by atoms with Crippen LogP contribution in [0, 0.1) is 18.6 Å². The van der Waals surface area contributed by atoms with Crippen molar-refractivity contribution in [2.24, 2.45) is 0 Å². The highest BCUT2D eigenvalue weighted by Crippen LogP contribution is 2.29. The number of carbonyl (C=O) groups is 2. The van der Waals surface area contributed by atoms with Gasteiger partial charge in [0.25, 0.3) is 11.8 Å². The Balaban J connectivity index is 1.43. The van der Waals surface area contributed by atoms with E-state index >= 15 is 0 Å². The van der Waals surface area contributed by atoms with Crippen molar-refractivity contribution in [2.75, 3.05) is 6.54 Å². The van der Waals surface area contributed by atoms with Crippen LogP contribution >= 0.6 is 11.3 Å². The van der Waals surface area contributed by atoms with Crippen molar-refractivity contribution in [1.82, 2.24) is 10.2 Å². The monoisotopic (exact) mass is 426 g/mol. The molecule has 0 radical (unpaired) electrons. The fourth-order valence-electron chi connectivity index (χ4n) is 3.44. The van der Waals surface area contributed by atoms with Crippen LogP contribution in [0.2, 0.25) is 0 Å². The minimum absolute atomic E-state index is 0.0283. The molecule has 4 nitrogen and oxygen atoms in total. The number of hydrogen-bond acceptors (Lipinski definition) is 3. The number of halogens is 2. The lowest BCUT2D eigenvalue weighted by molar-refractivity contribution is 0.0736. The standard InChI is InChI=1S/C23H20F2N2O2S/c1-14-2-4-15(5-3-14)23(29)27-9-8-20-17(13-27)11-21(30-20)22(28)26-12-16-10-18(24)6-7-19(16)25/h2-7,10-11H,8-9,12-13H2,1H3,(H,26,28). The molecular formula is C23H20F2N2O2S. The molecule has 2 aromatic carbocycles. The molecule has 1 N–H and O–H groups in total. The molecule has 154 valence electrons. The third-order valence-electron chi connectivity index (χ3n) is 5.12. The average Bonchev–Trinajstić information content (AvgIpc) is 3.17. The van der Waals surface area contributed by atoms with Gasteiger partial charge in [0.2, 0.25) is 0 Å². The number of nitrogens with zero attached hydrogens (tertiary/aromatic N) is 1. The van der Waals surface area contributed by atoms with Crippen LogP contribution in [0.25, 0.3) is 0 Å². The van der Waals surface area contributed by atoms with Gasteiger partial charge in [-0.25, -0.2) is 8.78 Å². The topological polar surface area (TPSA) is 49.4 Å². The number of rotatable bonds is 4. The second kappa shape index (κ2) is 8.36. The number of thiophene rings is 1. The van der Waals surface area contributed by atoms with Crippen molar-refractivity contribution < 1.29 is 18.4 Å². The largest absolute Gasteiger partial charge is 0.347 e. The maximum absolute atomic E-state index is 13.7. The van der Waals surface area contributed by atoms with Crippen molar-refractivity contribution in [3.8, 4) is 0 Å². The summed E-state index contributed by atoms with van der Waals surface area (Å²) < 4.78 is 27.0. The predicted octanol–water partition coefficient (Wildman–Crippen LogP) is 4.46. The SMILES string of the molecule is Cc1ccc(C(=O)N2CCc3sc(C(=O)NCc4cc(F)ccc4F)cc3C2)cc1. The third-order valence-corrected chi connectivity index (χ3v) is 6.36. The number of nitrogens with one attached hydrogen (secondary N) is 1. The van der Waals surface area contributed by atoms with Crippen LogP contribution < -0.4 is 5.32 Å². The maximum Gasteiger partial charge on any atom is 0.261 e. The average molecular weight is 426 g/mol. The van der Waals surface area contributed by atoms with Gasteiger partial charge in [-0.05, 0) is 55.3 Å². The molecule has 0 saturated heterocycles. The highest BCUT2D eigenvalue weighted by atomic mass is 32.1. The third kappa shape index (κ3) is 4.26. The fraction of sp³-hybridized carbons (Fsp3) is 0.217. The molecule has 2 heterocycles. The summed E-state index contributed by atoms with van der Waals surface area (Å²) in [6.07, 6.45) is 0.684. The number of fused-ring (bicyclic) bond motifs is 1. The van der Waals surface area contributed by atoms with Crippen LogP contribution in [-0.2, 0) is 19.5 Å². The van der Waals surface area contributed by atoms with Crippen molar-refractivity contribution in [3.63, 3.8) is 0 Å². The smallest absolute Gasteiger partial charge is 0.261 e. The van der Waals surface area contributed by atoms with E-state index in [-0.39, 0.29) is 23.9 Å². The second-order valence-electron chi connectivity index (χ2n) is 7.32. The van der Waals surface area contributed by atoms with E-state index in [0.717, 1.165) is 34.2 Å². The first kappa shape index (κ1) is 20.2. The van der Waals surface area contributed by atoms with E-state index in [9.17, 15) is 18.4 Å².